The summed E-state index contributed by atoms with van der Waals surface area (Å²) in [5, 5.41) is 3.49. The normalized spacial score (nSPS) is 20.8. The summed E-state index contributed by atoms with van der Waals surface area (Å²) in [4.78, 5) is 11.6. The van der Waals surface area contributed by atoms with Gasteiger partial charge in [-0.05, 0) is 42.2 Å². The molecule has 0 bridgehead atoms. The highest BCUT2D eigenvalue weighted by atomic mass is 15.3. The lowest BCUT2D eigenvalue weighted by atomic mass is 9.92. The van der Waals surface area contributed by atoms with Gasteiger partial charge in [0.25, 0.3) is 0 Å². The first kappa shape index (κ1) is 12.8. The Kier molecular flexibility index (Phi) is 3.31. The molecule has 2 aromatic rings. The molecule has 4 heteroatoms. The first-order valence-corrected chi connectivity index (χ1v) is 7.76. The molecule has 2 aliphatic heterocycles. The lowest BCUT2D eigenvalue weighted by Crippen LogP contribution is -2.53. The minimum atomic E-state index is 0.615. The predicted molar refractivity (Wildman–Crippen MR) is 83.6 cm³/mol. The van der Waals surface area contributed by atoms with Crippen molar-refractivity contribution in [1.29, 1.82) is 0 Å². The van der Waals surface area contributed by atoms with E-state index >= 15 is 0 Å². The number of aromatic nitrogens is 2. The number of hydrogen-bond acceptors (Lipinski definition) is 4. The van der Waals surface area contributed by atoms with Crippen LogP contribution in [-0.2, 0) is 12.8 Å². The number of anilines is 1. The maximum absolute atomic E-state index is 4.68. The number of piperazine rings is 1. The summed E-state index contributed by atoms with van der Waals surface area (Å²) >= 11 is 0. The molecule has 1 unspecified atom stereocenters. The quantitative estimate of drug-likeness (QED) is 0.910. The lowest BCUT2D eigenvalue weighted by Gasteiger charge is -2.41. The summed E-state index contributed by atoms with van der Waals surface area (Å²) in [6.07, 6.45) is 7.09. The molecule has 21 heavy (non-hydrogen) atoms. The van der Waals surface area contributed by atoms with Gasteiger partial charge in [0, 0.05) is 50.2 Å². The Labute approximate surface area is 125 Å². The van der Waals surface area contributed by atoms with Crippen molar-refractivity contribution in [2.24, 2.45) is 0 Å². The molecule has 4 heterocycles. The second-order valence-corrected chi connectivity index (χ2v) is 5.86. The zero-order chi connectivity index (χ0) is 14.1. The molecule has 0 spiro atoms. The number of nitrogens with one attached hydrogen (secondary N) is 1. The van der Waals surface area contributed by atoms with Gasteiger partial charge in [0.05, 0.1) is 0 Å². The summed E-state index contributed by atoms with van der Waals surface area (Å²) in [6.45, 7) is 3.21. The van der Waals surface area contributed by atoms with Crippen LogP contribution in [0.2, 0.25) is 0 Å². The molecule has 2 aromatic heterocycles. The Bertz CT molecular complexity index is 626. The smallest absolute Gasteiger partial charge is 0.132 e. The monoisotopic (exact) mass is 280 g/mol. The van der Waals surface area contributed by atoms with Crippen LogP contribution in [0.4, 0.5) is 5.82 Å². The standard InChI is InChI=1S/C17H20N4/c1-2-7-19-14(3-1)11-13-6-8-20-17-16(13)5-4-15-12-18-9-10-21(15)17/h1-3,6-8,15,18H,4-5,9-12H2. The third-order valence-electron chi connectivity index (χ3n) is 4.58. The van der Waals surface area contributed by atoms with Crippen LogP contribution in [-0.4, -0.2) is 35.6 Å². The molecule has 108 valence electrons. The second kappa shape index (κ2) is 5.45. The van der Waals surface area contributed by atoms with Gasteiger partial charge in [-0.25, -0.2) is 4.98 Å². The van der Waals surface area contributed by atoms with Gasteiger partial charge in [-0.1, -0.05) is 6.07 Å². The van der Waals surface area contributed by atoms with Crippen molar-refractivity contribution >= 4 is 5.82 Å². The molecular weight excluding hydrogens is 260 g/mol. The number of rotatable bonds is 2. The highest BCUT2D eigenvalue weighted by Crippen LogP contribution is 2.32. The van der Waals surface area contributed by atoms with E-state index in [4.69, 9.17) is 0 Å². The SMILES string of the molecule is c1ccc(Cc2ccnc3c2CCC2CNCCN32)nc1. The van der Waals surface area contributed by atoms with Crippen molar-refractivity contribution in [1.82, 2.24) is 15.3 Å². The van der Waals surface area contributed by atoms with Crippen LogP contribution in [0, 0.1) is 0 Å². The fourth-order valence-corrected chi connectivity index (χ4v) is 3.51. The van der Waals surface area contributed by atoms with E-state index in [0.29, 0.717) is 6.04 Å². The Hall–Kier alpha value is -1.94. The van der Waals surface area contributed by atoms with Gasteiger partial charge in [0.15, 0.2) is 0 Å². The van der Waals surface area contributed by atoms with E-state index in [9.17, 15) is 0 Å². The molecule has 0 radical (unpaired) electrons. The molecule has 1 fully saturated rings. The van der Waals surface area contributed by atoms with Crippen LogP contribution in [0.25, 0.3) is 0 Å². The molecule has 0 aliphatic carbocycles. The first-order chi connectivity index (χ1) is 10.4. The highest BCUT2D eigenvalue weighted by Gasteiger charge is 2.30. The molecule has 4 nitrogen and oxygen atoms in total. The van der Waals surface area contributed by atoms with Gasteiger partial charge in [0.1, 0.15) is 5.82 Å². The van der Waals surface area contributed by atoms with Crippen LogP contribution in [0.1, 0.15) is 23.2 Å². The maximum atomic E-state index is 4.68. The average Bonchev–Trinajstić information content (AvgIpc) is 2.56. The summed E-state index contributed by atoms with van der Waals surface area (Å²) in [7, 11) is 0. The van der Waals surface area contributed by atoms with Crippen LogP contribution in [0.15, 0.2) is 36.7 Å². The Balaban J connectivity index is 1.68. The van der Waals surface area contributed by atoms with Crippen LogP contribution in [0.5, 0.6) is 0 Å². The van der Waals surface area contributed by atoms with Gasteiger partial charge in [-0.15, -0.1) is 0 Å². The number of hydrogen-bond donors (Lipinski definition) is 1. The Morgan fingerprint density at radius 1 is 1.19 bits per heavy atom. The molecule has 4 rings (SSSR count). The van der Waals surface area contributed by atoms with Crippen LogP contribution < -0.4 is 10.2 Å². The first-order valence-electron chi connectivity index (χ1n) is 7.76. The maximum Gasteiger partial charge on any atom is 0.132 e. The van der Waals surface area contributed by atoms with Crippen LogP contribution >= 0.6 is 0 Å². The third kappa shape index (κ3) is 2.40. The fourth-order valence-electron chi connectivity index (χ4n) is 3.51. The van der Waals surface area contributed by atoms with Crippen molar-refractivity contribution in [2.75, 3.05) is 24.5 Å². The number of fused-ring (bicyclic) bond motifs is 3. The van der Waals surface area contributed by atoms with Gasteiger partial charge < -0.3 is 10.2 Å². The van der Waals surface area contributed by atoms with Crippen molar-refractivity contribution in [3.63, 3.8) is 0 Å². The molecule has 0 amide bonds. The summed E-state index contributed by atoms with van der Waals surface area (Å²) in [6, 6.07) is 8.90. The zero-order valence-electron chi connectivity index (χ0n) is 12.1. The zero-order valence-corrected chi connectivity index (χ0v) is 12.1. The topological polar surface area (TPSA) is 41.1 Å². The van der Waals surface area contributed by atoms with E-state index in [1.54, 1.807) is 0 Å². The number of pyridine rings is 2. The van der Waals surface area contributed by atoms with Crippen molar-refractivity contribution in [2.45, 2.75) is 25.3 Å². The summed E-state index contributed by atoms with van der Waals surface area (Å²) in [5.41, 5.74) is 3.95. The van der Waals surface area contributed by atoms with Crippen LogP contribution in [0.3, 0.4) is 0 Å². The lowest BCUT2D eigenvalue weighted by molar-refractivity contribution is 0.435. The number of nitrogens with zero attached hydrogens (tertiary/aromatic N) is 3. The van der Waals surface area contributed by atoms with E-state index in [0.717, 1.165) is 38.2 Å². The molecule has 1 N–H and O–H groups in total. The molecule has 1 saturated heterocycles. The van der Waals surface area contributed by atoms with Crippen molar-refractivity contribution in [3.05, 3.63) is 53.5 Å². The largest absolute Gasteiger partial charge is 0.351 e. The minimum Gasteiger partial charge on any atom is -0.351 e. The van der Waals surface area contributed by atoms with Crippen molar-refractivity contribution < 1.29 is 0 Å². The van der Waals surface area contributed by atoms with E-state index < -0.39 is 0 Å². The van der Waals surface area contributed by atoms with E-state index in [1.165, 1.54) is 23.4 Å². The Morgan fingerprint density at radius 3 is 3.10 bits per heavy atom. The molecule has 1 atom stereocenters. The molecular formula is C17H20N4. The van der Waals surface area contributed by atoms with E-state index in [2.05, 4.69) is 38.4 Å². The third-order valence-corrected chi connectivity index (χ3v) is 4.58. The molecule has 0 saturated carbocycles. The second-order valence-electron chi connectivity index (χ2n) is 5.86. The average molecular weight is 280 g/mol. The minimum absolute atomic E-state index is 0.615. The summed E-state index contributed by atoms with van der Waals surface area (Å²) in [5.74, 6) is 1.21. The van der Waals surface area contributed by atoms with Gasteiger partial charge >= 0.3 is 0 Å². The van der Waals surface area contributed by atoms with E-state index in [1.807, 2.05) is 18.5 Å². The van der Waals surface area contributed by atoms with E-state index in [-0.39, 0.29) is 0 Å². The van der Waals surface area contributed by atoms with Gasteiger partial charge in [-0.2, -0.15) is 0 Å². The predicted octanol–water partition coefficient (Wildman–Crippen LogP) is 1.79. The van der Waals surface area contributed by atoms with Gasteiger partial charge in [-0.3, -0.25) is 4.98 Å². The Morgan fingerprint density at radius 2 is 2.19 bits per heavy atom. The van der Waals surface area contributed by atoms with Gasteiger partial charge in [0.2, 0.25) is 0 Å². The summed E-state index contributed by atoms with van der Waals surface area (Å²) < 4.78 is 0. The molecule has 2 aliphatic rings. The molecule has 0 aromatic carbocycles. The van der Waals surface area contributed by atoms with Crippen molar-refractivity contribution in [3.8, 4) is 0 Å². The fraction of sp³-hybridized carbons (Fsp3) is 0.412. The highest BCUT2D eigenvalue weighted by molar-refractivity contribution is 5.55.